The average molecular weight is 288 g/mol. The number of aromatic nitrogens is 2. The molecule has 0 radical (unpaired) electrons. The molecule has 5 heteroatoms. The van der Waals surface area contributed by atoms with E-state index < -0.39 is 0 Å². The van der Waals surface area contributed by atoms with Gasteiger partial charge in [0.05, 0.1) is 5.69 Å². The normalized spacial score (nSPS) is 20.3. The van der Waals surface area contributed by atoms with Gasteiger partial charge in [-0.3, -0.25) is 14.4 Å². The first-order chi connectivity index (χ1) is 10.2. The standard InChI is InChI=1S/C16H24N4O/c1-3-7-19-8-4-9-20(11-10-19)16(21)15-12-14(13-5-6-13)17-18(15)2/h3,12-13H,1,4-11H2,2H3. The van der Waals surface area contributed by atoms with Crippen molar-refractivity contribution in [2.75, 3.05) is 32.7 Å². The summed E-state index contributed by atoms with van der Waals surface area (Å²) < 4.78 is 1.75. The first kappa shape index (κ1) is 14.3. The molecule has 0 unspecified atom stereocenters. The van der Waals surface area contributed by atoms with E-state index in [1.54, 1.807) is 4.68 Å². The molecular weight excluding hydrogens is 264 g/mol. The molecular formula is C16H24N4O. The van der Waals surface area contributed by atoms with Crippen LogP contribution in [-0.2, 0) is 7.05 Å². The fourth-order valence-electron chi connectivity index (χ4n) is 2.97. The molecule has 0 bridgehead atoms. The van der Waals surface area contributed by atoms with E-state index in [1.165, 1.54) is 12.8 Å². The van der Waals surface area contributed by atoms with E-state index in [9.17, 15) is 4.79 Å². The van der Waals surface area contributed by atoms with Crippen LogP contribution < -0.4 is 0 Å². The van der Waals surface area contributed by atoms with Crippen LogP contribution in [0.15, 0.2) is 18.7 Å². The monoisotopic (exact) mass is 288 g/mol. The van der Waals surface area contributed by atoms with Gasteiger partial charge in [0, 0.05) is 45.7 Å². The molecule has 1 aliphatic carbocycles. The second kappa shape index (κ2) is 6.02. The van der Waals surface area contributed by atoms with Gasteiger partial charge < -0.3 is 4.90 Å². The van der Waals surface area contributed by atoms with Gasteiger partial charge >= 0.3 is 0 Å². The Balaban J connectivity index is 1.68. The zero-order chi connectivity index (χ0) is 14.8. The van der Waals surface area contributed by atoms with Crippen molar-refractivity contribution >= 4 is 5.91 Å². The molecule has 1 aromatic rings. The van der Waals surface area contributed by atoms with E-state index in [2.05, 4.69) is 16.6 Å². The summed E-state index contributed by atoms with van der Waals surface area (Å²) in [5, 5.41) is 4.50. The third kappa shape index (κ3) is 3.18. The number of carbonyl (C=O) groups excluding carboxylic acids is 1. The van der Waals surface area contributed by atoms with Crippen molar-refractivity contribution < 1.29 is 4.79 Å². The molecule has 1 aromatic heterocycles. The van der Waals surface area contributed by atoms with Gasteiger partial charge in [0.2, 0.25) is 0 Å². The summed E-state index contributed by atoms with van der Waals surface area (Å²) in [6.45, 7) is 8.27. The van der Waals surface area contributed by atoms with Crippen LogP contribution >= 0.6 is 0 Å². The van der Waals surface area contributed by atoms with Crippen LogP contribution in [0.1, 0.15) is 41.4 Å². The third-order valence-electron chi connectivity index (χ3n) is 4.38. The number of hydrogen-bond donors (Lipinski definition) is 0. The van der Waals surface area contributed by atoms with Crippen LogP contribution in [-0.4, -0.2) is 58.2 Å². The highest BCUT2D eigenvalue weighted by molar-refractivity contribution is 5.92. The van der Waals surface area contributed by atoms with Gasteiger partial charge in [-0.05, 0) is 25.3 Å². The summed E-state index contributed by atoms with van der Waals surface area (Å²) in [5.41, 5.74) is 1.82. The van der Waals surface area contributed by atoms with Gasteiger partial charge in [-0.15, -0.1) is 6.58 Å². The molecule has 21 heavy (non-hydrogen) atoms. The van der Waals surface area contributed by atoms with E-state index in [0.717, 1.165) is 50.5 Å². The van der Waals surface area contributed by atoms with Gasteiger partial charge in [0.1, 0.15) is 5.69 Å². The molecule has 2 heterocycles. The Kier molecular flexibility index (Phi) is 4.10. The van der Waals surface area contributed by atoms with E-state index in [0.29, 0.717) is 5.92 Å². The van der Waals surface area contributed by atoms with Gasteiger partial charge in [0.15, 0.2) is 0 Å². The highest BCUT2D eigenvalue weighted by Crippen LogP contribution is 2.39. The molecule has 114 valence electrons. The second-order valence-electron chi connectivity index (χ2n) is 6.09. The third-order valence-corrected chi connectivity index (χ3v) is 4.38. The Hall–Kier alpha value is -1.62. The molecule has 2 aliphatic rings. The maximum Gasteiger partial charge on any atom is 0.272 e. The van der Waals surface area contributed by atoms with Crippen LogP contribution in [0, 0.1) is 0 Å². The van der Waals surface area contributed by atoms with Crippen LogP contribution in [0.3, 0.4) is 0 Å². The summed E-state index contributed by atoms with van der Waals surface area (Å²) in [6, 6.07) is 1.99. The van der Waals surface area contributed by atoms with Gasteiger partial charge in [-0.25, -0.2) is 0 Å². The van der Waals surface area contributed by atoms with Crippen LogP contribution in [0.4, 0.5) is 0 Å². The zero-order valence-corrected chi connectivity index (χ0v) is 12.8. The predicted molar refractivity (Wildman–Crippen MR) is 82.3 cm³/mol. The van der Waals surface area contributed by atoms with Crippen LogP contribution in [0.2, 0.25) is 0 Å². The highest BCUT2D eigenvalue weighted by Gasteiger charge is 2.29. The van der Waals surface area contributed by atoms with E-state index >= 15 is 0 Å². The van der Waals surface area contributed by atoms with E-state index in [1.807, 2.05) is 24.1 Å². The van der Waals surface area contributed by atoms with Crippen LogP contribution in [0.25, 0.3) is 0 Å². The summed E-state index contributed by atoms with van der Waals surface area (Å²) in [5.74, 6) is 0.710. The Morgan fingerprint density at radius 3 is 2.90 bits per heavy atom. The Labute approximate surface area is 126 Å². The molecule has 0 atom stereocenters. The minimum atomic E-state index is 0.123. The van der Waals surface area contributed by atoms with Crippen molar-refractivity contribution in [2.24, 2.45) is 7.05 Å². The Morgan fingerprint density at radius 2 is 2.19 bits per heavy atom. The van der Waals surface area contributed by atoms with Crippen molar-refractivity contribution in [2.45, 2.75) is 25.2 Å². The first-order valence-corrected chi connectivity index (χ1v) is 7.85. The number of aryl methyl sites for hydroxylation is 1. The number of hydrogen-bond acceptors (Lipinski definition) is 3. The fourth-order valence-corrected chi connectivity index (χ4v) is 2.97. The number of carbonyl (C=O) groups is 1. The molecule has 1 saturated heterocycles. The Bertz CT molecular complexity index is 532. The highest BCUT2D eigenvalue weighted by atomic mass is 16.2. The van der Waals surface area contributed by atoms with Crippen molar-refractivity contribution in [3.05, 3.63) is 30.1 Å². The van der Waals surface area contributed by atoms with Crippen molar-refractivity contribution in [1.29, 1.82) is 0 Å². The zero-order valence-electron chi connectivity index (χ0n) is 12.8. The number of rotatable bonds is 4. The topological polar surface area (TPSA) is 41.4 Å². The molecule has 1 aliphatic heterocycles. The lowest BCUT2D eigenvalue weighted by molar-refractivity contribution is 0.0751. The van der Waals surface area contributed by atoms with Crippen LogP contribution in [0.5, 0.6) is 0 Å². The van der Waals surface area contributed by atoms with E-state index in [4.69, 9.17) is 0 Å². The minimum Gasteiger partial charge on any atom is -0.336 e. The lowest BCUT2D eigenvalue weighted by atomic mass is 10.2. The maximum absolute atomic E-state index is 12.7. The van der Waals surface area contributed by atoms with Gasteiger partial charge in [0.25, 0.3) is 5.91 Å². The SMILES string of the molecule is C=CCN1CCCN(C(=O)c2cc(C3CC3)nn2C)CC1. The first-order valence-electron chi connectivity index (χ1n) is 7.85. The molecule has 1 saturated carbocycles. The Morgan fingerprint density at radius 1 is 1.38 bits per heavy atom. The summed E-state index contributed by atoms with van der Waals surface area (Å²) in [6.07, 6.45) is 5.38. The quantitative estimate of drug-likeness (QED) is 0.791. The second-order valence-corrected chi connectivity index (χ2v) is 6.09. The van der Waals surface area contributed by atoms with Crippen molar-refractivity contribution in [1.82, 2.24) is 19.6 Å². The summed E-state index contributed by atoms with van der Waals surface area (Å²) in [4.78, 5) is 17.0. The smallest absolute Gasteiger partial charge is 0.272 e. The molecule has 1 amide bonds. The molecule has 2 fully saturated rings. The molecule has 0 aromatic carbocycles. The molecule has 5 nitrogen and oxygen atoms in total. The molecule has 0 N–H and O–H groups in total. The lowest BCUT2D eigenvalue weighted by Crippen LogP contribution is -2.36. The summed E-state index contributed by atoms with van der Waals surface area (Å²) in [7, 11) is 1.88. The average Bonchev–Trinajstić information content (AvgIpc) is 3.26. The fraction of sp³-hybridized carbons (Fsp3) is 0.625. The molecule has 0 spiro atoms. The van der Waals surface area contributed by atoms with E-state index in [-0.39, 0.29) is 5.91 Å². The maximum atomic E-state index is 12.7. The lowest BCUT2D eigenvalue weighted by Gasteiger charge is -2.21. The van der Waals surface area contributed by atoms with Gasteiger partial charge in [-0.2, -0.15) is 5.10 Å². The summed E-state index contributed by atoms with van der Waals surface area (Å²) >= 11 is 0. The number of amides is 1. The predicted octanol–water partition coefficient (Wildman–Crippen LogP) is 1.63. The number of nitrogens with zero attached hydrogens (tertiary/aromatic N) is 4. The van der Waals surface area contributed by atoms with Crippen molar-refractivity contribution in [3.8, 4) is 0 Å². The van der Waals surface area contributed by atoms with Crippen molar-refractivity contribution in [3.63, 3.8) is 0 Å². The largest absolute Gasteiger partial charge is 0.336 e. The van der Waals surface area contributed by atoms with Gasteiger partial charge in [-0.1, -0.05) is 6.08 Å². The molecule has 3 rings (SSSR count). The minimum absolute atomic E-state index is 0.123.